The molecule has 102 valence electrons. The maximum Gasteiger partial charge on any atom is 0.303 e. The van der Waals surface area contributed by atoms with E-state index in [1.54, 1.807) is 17.0 Å². The molecule has 1 aliphatic rings. The lowest BCUT2D eigenvalue weighted by molar-refractivity contribution is -0.138. The fraction of sp³-hybridized carbons (Fsp3) is 0.429. The van der Waals surface area contributed by atoms with Gasteiger partial charge < -0.3 is 10.0 Å². The number of halogens is 1. The molecule has 0 radical (unpaired) electrons. The fourth-order valence-corrected chi connectivity index (χ4v) is 2.41. The molecule has 0 spiro atoms. The van der Waals surface area contributed by atoms with Crippen molar-refractivity contribution in [3.8, 4) is 0 Å². The minimum atomic E-state index is -0.829. The topological polar surface area (TPSA) is 57.6 Å². The third kappa shape index (κ3) is 3.77. The van der Waals surface area contributed by atoms with Gasteiger partial charge in [0.15, 0.2) is 0 Å². The van der Waals surface area contributed by atoms with E-state index in [2.05, 4.69) is 0 Å². The van der Waals surface area contributed by atoms with E-state index in [9.17, 15) is 14.0 Å². The number of hydrogen-bond acceptors (Lipinski definition) is 2. The molecule has 5 heteroatoms. The number of carbonyl (C=O) groups is 2. The Morgan fingerprint density at radius 1 is 1.42 bits per heavy atom. The zero-order chi connectivity index (χ0) is 13.8. The molecule has 0 bridgehead atoms. The highest BCUT2D eigenvalue weighted by Gasteiger charge is 2.27. The smallest absolute Gasteiger partial charge is 0.303 e. The highest BCUT2D eigenvalue weighted by molar-refractivity contribution is 5.79. The molecular formula is C14H16FNO3. The third-order valence-electron chi connectivity index (χ3n) is 3.35. The average Bonchev–Trinajstić information content (AvgIpc) is 2.76. The van der Waals surface area contributed by atoms with Gasteiger partial charge in [-0.25, -0.2) is 4.39 Å². The quantitative estimate of drug-likeness (QED) is 0.901. The van der Waals surface area contributed by atoms with Crippen LogP contribution in [0.1, 0.15) is 18.4 Å². The van der Waals surface area contributed by atoms with E-state index < -0.39 is 5.97 Å². The van der Waals surface area contributed by atoms with Crippen LogP contribution in [-0.2, 0) is 16.0 Å². The molecular weight excluding hydrogens is 249 g/mol. The van der Waals surface area contributed by atoms with Crippen LogP contribution in [0.2, 0.25) is 0 Å². The summed E-state index contributed by atoms with van der Waals surface area (Å²) < 4.78 is 13.0. The van der Waals surface area contributed by atoms with Gasteiger partial charge in [-0.05, 0) is 30.0 Å². The van der Waals surface area contributed by atoms with Gasteiger partial charge in [0.25, 0.3) is 0 Å². The molecule has 1 fully saturated rings. The van der Waals surface area contributed by atoms with E-state index in [1.165, 1.54) is 12.1 Å². The fourth-order valence-electron chi connectivity index (χ4n) is 2.41. The number of aliphatic carboxylic acids is 1. The normalized spacial score (nSPS) is 18.6. The van der Waals surface area contributed by atoms with Gasteiger partial charge in [0, 0.05) is 19.5 Å². The summed E-state index contributed by atoms with van der Waals surface area (Å²) in [7, 11) is 0. The molecule has 19 heavy (non-hydrogen) atoms. The van der Waals surface area contributed by atoms with Crippen molar-refractivity contribution in [3.63, 3.8) is 0 Å². The van der Waals surface area contributed by atoms with E-state index in [0.29, 0.717) is 18.7 Å². The first kappa shape index (κ1) is 13.5. The number of hydrogen-bond donors (Lipinski definition) is 1. The highest BCUT2D eigenvalue weighted by Crippen LogP contribution is 2.20. The van der Waals surface area contributed by atoms with Crippen LogP contribution < -0.4 is 0 Å². The minimum Gasteiger partial charge on any atom is -0.481 e. The first-order chi connectivity index (χ1) is 9.04. The zero-order valence-electron chi connectivity index (χ0n) is 10.5. The monoisotopic (exact) mass is 265 g/mol. The summed E-state index contributed by atoms with van der Waals surface area (Å²) in [5.41, 5.74) is 0.645. The van der Waals surface area contributed by atoms with E-state index >= 15 is 0 Å². The first-order valence-corrected chi connectivity index (χ1v) is 6.28. The van der Waals surface area contributed by atoms with Gasteiger partial charge >= 0.3 is 5.97 Å². The van der Waals surface area contributed by atoms with Crippen LogP contribution in [0.25, 0.3) is 0 Å². The molecule has 1 aromatic rings. The summed E-state index contributed by atoms with van der Waals surface area (Å²) in [4.78, 5) is 24.3. The minimum absolute atomic E-state index is 0.0361. The standard InChI is InChI=1S/C14H16FNO3/c15-12-3-1-2-10(6-12)7-13(17)16-5-4-11(9-16)8-14(18)19/h1-3,6,11H,4-5,7-9H2,(H,18,19). The summed E-state index contributed by atoms with van der Waals surface area (Å²) >= 11 is 0. The van der Waals surface area contributed by atoms with Crippen molar-refractivity contribution >= 4 is 11.9 Å². The Hall–Kier alpha value is -1.91. The lowest BCUT2D eigenvalue weighted by Crippen LogP contribution is -2.30. The van der Waals surface area contributed by atoms with Crippen LogP contribution >= 0.6 is 0 Å². The lowest BCUT2D eigenvalue weighted by Gasteiger charge is -2.16. The van der Waals surface area contributed by atoms with E-state index in [0.717, 1.165) is 6.42 Å². The second kappa shape index (κ2) is 5.82. The summed E-state index contributed by atoms with van der Waals surface area (Å²) in [5.74, 6) is -1.22. The lowest BCUT2D eigenvalue weighted by atomic mass is 10.1. The zero-order valence-corrected chi connectivity index (χ0v) is 10.5. The van der Waals surface area contributed by atoms with E-state index in [4.69, 9.17) is 5.11 Å². The number of amides is 1. The molecule has 0 aliphatic carbocycles. The number of carbonyl (C=O) groups excluding carboxylic acids is 1. The van der Waals surface area contributed by atoms with Crippen LogP contribution in [0.3, 0.4) is 0 Å². The molecule has 1 atom stereocenters. The highest BCUT2D eigenvalue weighted by atomic mass is 19.1. The summed E-state index contributed by atoms with van der Waals surface area (Å²) in [6.07, 6.45) is 0.989. The Kier molecular flexibility index (Phi) is 4.14. The van der Waals surface area contributed by atoms with Crippen molar-refractivity contribution in [1.82, 2.24) is 4.90 Å². The largest absolute Gasteiger partial charge is 0.481 e. The van der Waals surface area contributed by atoms with Crippen LogP contribution in [0, 0.1) is 11.7 Å². The summed E-state index contributed by atoms with van der Waals surface area (Å²) in [5, 5.41) is 8.72. The Labute approximate surface area is 110 Å². The maximum atomic E-state index is 13.0. The number of carboxylic acid groups (broad SMARTS) is 1. The molecule has 1 unspecified atom stereocenters. The number of carboxylic acids is 1. The summed E-state index contributed by atoms with van der Waals surface area (Å²) in [6, 6.07) is 5.98. The van der Waals surface area contributed by atoms with Crippen molar-refractivity contribution in [1.29, 1.82) is 0 Å². The van der Waals surface area contributed by atoms with Crippen LogP contribution in [0.4, 0.5) is 4.39 Å². The number of likely N-dealkylation sites (tertiary alicyclic amines) is 1. The SMILES string of the molecule is O=C(O)CC1CCN(C(=O)Cc2cccc(F)c2)C1. The molecule has 2 rings (SSSR count). The second-order valence-corrected chi connectivity index (χ2v) is 4.90. The Morgan fingerprint density at radius 3 is 2.89 bits per heavy atom. The Bertz CT molecular complexity index is 489. The van der Waals surface area contributed by atoms with Gasteiger partial charge in [0.1, 0.15) is 5.82 Å². The van der Waals surface area contributed by atoms with Crippen molar-refractivity contribution in [2.75, 3.05) is 13.1 Å². The van der Waals surface area contributed by atoms with Gasteiger partial charge in [0.2, 0.25) is 5.91 Å². The molecule has 1 aromatic carbocycles. The van der Waals surface area contributed by atoms with E-state index in [-0.39, 0.29) is 30.5 Å². The van der Waals surface area contributed by atoms with Gasteiger partial charge in [-0.2, -0.15) is 0 Å². The second-order valence-electron chi connectivity index (χ2n) is 4.90. The van der Waals surface area contributed by atoms with Gasteiger partial charge in [0.05, 0.1) is 6.42 Å². The molecule has 1 heterocycles. The van der Waals surface area contributed by atoms with Gasteiger partial charge in [-0.15, -0.1) is 0 Å². The van der Waals surface area contributed by atoms with Crippen molar-refractivity contribution in [3.05, 3.63) is 35.6 Å². The van der Waals surface area contributed by atoms with E-state index in [1.807, 2.05) is 0 Å². The number of nitrogens with zero attached hydrogens (tertiary/aromatic N) is 1. The predicted molar refractivity (Wildman–Crippen MR) is 67.0 cm³/mol. The van der Waals surface area contributed by atoms with Crippen molar-refractivity contribution < 1.29 is 19.1 Å². The first-order valence-electron chi connectivity index (χ1n) is 6.28. The maximum absolute atomic E-state index is 13.0. The molecule has 4 nitrogen and oxygen atoms in total. The number of benzene rings is 1. The van der Waals surface area contributed by atoms with Crippen molar-refractivity contribution in [2.24, 2.45) is 5.92 Å². The molecule has 1 aliphatic heterocycles. The van der Waals surface area contributed by atoms with Crippen LogP contribution in [-0.4, -0.2) is 35.0 Å². The molecule has 0 saturated carbocycles. The molecule has 1 amide bonds. The van der Waals surface area contributed by atoms with Crippen LogP contribution in [0.5, 0.6) is 0 Å². The Balaban J connectivity index is 1.89. The van der Waals surface area contributed by atoms with Gasteiger partial charge in [-0.3, -0.25) is 9.59 Å². The number of rotatable bonds is 4. The molecule has 1 N–H and O–H groups in total. The molecule has 0 aromatic heterocycles. The molecule has 1 saturated heterocycles. The Morgan fingerprint density at radius 2 is 2.21 bits per heavy atom. The van der Waals surface area contributed by atoms with Crippen molar-refractivity contribution in [2.45, 2.75) is 19.3 Å². The van der Waals surface area contributed by atoms with Gasteiger partial charge in [-0.1, -0.05) is 12.1 Å². The predicted octanol–water partition coefficient (Wildman–Crippen LogP) is 1.69. The summed E-state index contributed by atoms with van der Waals surface area (Å²) in [6.45, 7) is 1.08. The third-order valence-corrected chi connectivity index (χ3v) is 3.35. The van der Waals surface area contributed by atoms with Crippen LogP contribution in [0.15, 0.2) is 24.3 Å². The average molecular weight is 265 g/mol.